The van der Waals surface area contributed by atoms with Gasteiger partial charge in [0.05, 0.1) is 23.7 Å². The number of carbonyl (C=O) groups excluding carboxylic acids is 1. The van der Waals surface area contributed by atoms with E-state index in [1.54, 1.807) is 12.2 Å². The fraction of sp³-hybridized carbons (Fsp3) is 0.167. The van der Waals surface area contributed by atoms with Crippen molar-refractivity contribution < 1.29 is 14.6 Å². The highest BCUT2D eigenvalue weighted by Gasteiger charge is 2.20. The Kier molecular flexibility index (Phi) is 6.76. The summed E-state index contributed by atoms with van der Waals surface area (Å²) in [4.78, 5) is 11.0. The average molecular weight is 388 g/mol. The van der Waals surface area contributed by atoms with Gasteiger partial charge in [-0.15, -0.1) is 0 Å². The van der Waals surface area contributed by atoms with E-state index in [9.17, 15) is 9.90 Å². The zero-order valence-corrected chi connectivity index (χ0v) is 16.4. The monoisotopic (exact) mass is 388 g/mol. The fourth-order valence-corrected chi connectivity index (χ4v) is 3.08. The Hall–Kier alpha value is -3.44. The zero-order valence-electron chi connectivity index (χ0n) is 16.4. The standard InChI is InChI=1S/C24H24N2O3/c1-3-10-20(15-16-29-18(2)27)24(28)22-17-23(19-11-6-4-7-12-19)26(25-22)21-13-8-5-9-14-21/h3-14,17,24,28H,1,15-16H2,2H3/b20-10+/t24-/m0/s1. The molecule has 5 nitrogen and oxygen atoms in total. The van der Waals surface area contributed by atoms with Crippen molar-refractivity contribution in [1.29, 1.82) is 0 Å². The van der Waals surface area contributed by atoms with Crippen LogP contribution >= 0.6 is 0 Å². The Balaban J connectivity index is 1.98. The third-order valence-electron chi connectivity index (χ3n) is 4.46. The molecule has 1 heterocycles. The second kappa shape index (κ2) is 9.66. The van der Waals surface area contributed by atoms with Gasteiger partial charge in [0.1, 0.15) is 6.10 Å². The van der Waals surface area contributed by atoms with Gasteiger partial charge >= 0.3 is 5.97 Å². The number of carbonyl (C=O) groups is 1. The molecule has 0 aliphatic carbocycles. The summed E-state index contributed by atoms with van der Waals surface area (Å²) in [6, 6.07) is 21.6. The topological polar surface area (TPSA) is 64.3 Å². The number of hydrogen-bond donors (Lipinski definition) is 1. The van der Waals surface area contributed by atoms with E-state index in [0.717, 1.165) is 16.9 Å². The Labute approximate surface area is 170 Å². The minimum atomic E-state index is -0.934. The summed E-state index contributed by atoms with van der Waals surface area (Å²) >= 11 is 0. The summed E-state index contributed by atoms with van der Waals surface area (Å²) in [5, 5.41) is 15.7. The van der Waals surface area contributed by atoms with Gasteiger partial charge in [0.25, 0.3) is 0 Å². The molecule has 0 saturated carbocycles. The van der Waals surface area contributed by atoms with E-state index in [-0.39, 0.29) is 12.6 Å². The predicted molar refractivity (Wildman–Crippen MR) is 113 cm³/mol. The molecule has 0 fully saturated rings. The lowest BCUT2D eigenvalue weighted by atomic mass is 10.0. The van der Waals surface area contributed by atoms with Crippen LogP contribution < -0.4 is 0 Å². The summed E-state index contributed by atoms with van der Waals surface area (Å²) in [6.45, 7) is 5.27. The van der Waals surface area contributed by atoms with E-state index in [2.05, 4.69) is 11.7 Å². The Morgan fingerprint density at radius 3 is 2.45 bits per heavy atom. The molecule has 0 spiro atoms. The molecule has 5 heteroatoms. The summed E-state index contributed by atoms with van der Waals surface area (Å²) in [5.74, 6) is -0.350. The van der Waals surface area contributed by atoms with Crippen molar-refractivity contribution in [3.8, 4) is 16.9 Å². The number of esters is 1. The molecule has 3 aromatic rings. The SMILES string of the molecule is C=C/C=C(\CCOC(C)=O)[C@H](O)c1cc(-c2ccccc2)n(-c2ccccc2)n1. The predicted octanol–water partition coefficient (Wildman–Crippen LogP) is 4.64. The van der Waals surface area contributed by atoms with Gasteiger partial charge in [-0.1, -0.05) is 67.3 Å². The van der Waals surface area contributed by atoms with Gasteiger partial charge in [0, 0.05) is 18.9 Å². The second-order valence-electron chi connectivity index (χ2n) is 6.54. The zero-order chi connectivity index (χ0) is 20.6. The molecule has 0 saturated heterocycles. The van der Waals surface area contributed by atoms with Crippen molar-refractivity contribution in [2.45, 2.75) is 19.4 Å². The third kappa shape index (κ3) is 5.09. The number of hydrogen-bond acceptors (Lipinski definition) is 4. The summed E-state index contributed by atoms with van der Waals surface area (Å²) < 4.78 is 6.85. The van der Waals surface area contributed by atoms with Gasteiger partial charge in [-0.2, -0.15) is 5.10 Å². The van der Waals surface area contributed by atoms with Crippen molar-refractivity contribution in [1.82, 2.24) is 9.78 Å². The molecule has 2 aromatic carbocycles. The molecular formula is C24H24N2O3. The van der Waals surface area contributed by atoms with E-state index in [4.69, 9.17) is 4.74 Å². The van der Waals surface area contributed by atoms with Crippen molar-refractivity contribution in [3.63, 3.8) is 0 Å². The largest absolute Gasteiger partial charge is 0.466 e. The fourth-order valence-electron chi connectivity index (χ4n) is 3.08. The number of aliphatic hydroxyl groups is 1. The molecule has 0 amide bonds. The van der Waals surface area contributed by atoms with Crippen LogP contribution in [0.5, 0.6) is 0 Å². The first-order chi connectivity index (χ1) is 14.1. The van der Waals surface area contributed by atoms with Crippen LogP contribution in [0.1, 0.15) is 25.1 Å². The molecule has 0 aliphatic rings. The summed E-state index contributed by atoms with van der Waals surface area (Å²) in [6.07, 6.45) is 2.80. The first kappa shape index (κ1) is 20.3. The van der Waals surface area contributed by atoms with Gasteiger partial charge in [0.15, 0.2) is 0 Å². The highest BCUT2D eigenvalue weighted by Crippen LogP contribution is 2.30. The Morgan fingerprint density at radius 2 is 1.83 bits per heavy atom. The van der Waals surface area contributed by atoms with Gasteiger partial charge in [0.2, 0.25) is 0 Å². The molecule has 148 valence electrons. The van der Waals surface area contributed by atoms with Crippen LogP contribution in [0.25, 0.3) is 16.9 Å². The van der Waals surface area contributed by atoms with Crippen LogP contribution in [-0.2, 0) is 9.53 Å². The van der Waals surface area contributed by atoms with E-state index in [1.807, 2.05) is 71.4 Å². The van der Waals surface area contributed by atoms with Crippen LogP contribution in [0.2, 0.25) is 0 Å². The normalized spacial score (nSPS) is 12.4. The first-order valence-electron chi connectivity index (χ1n) is 9.44. The quantitative estimate of drug-likeness (QED) is 0.451. The van der Waals surface area contributed by atoms with Gasteiger partial charge < -0.3 is 9.84 Å². The van der Waals surface area contributed by atoms with Crippen LogP contribution in [-0.4, -0.2) is 27.5 Å². The van der Waals surface area contributed by atoms with Crippen molar-refractivity contribution >= 4 is 5.97 Å². The van der Waals surface area contributed by atoms with Crippen LogP contribution in [0.4, 0.5) is 0 Å². The average Bonchev–Trinajstić information content (AvgIpc) is 3.19. The molecular weight excluding hydrogens is 364 g/mol. The van der Waals surface area contributed by atoms with Crippen molar-refractivity contribution in [3.05, 3.63) is 96.7 Å². The highest BCUT2D eigenvalue weighted by molar-refractivity contribution is 5.66. The van der Waals surface area contributed by atoms with Crippen LogP contribution in [0, 0.1) is 0 Å². The van der Waals surface area contributed by atoms with E-state index < -0.39 is 6.10 Å². The minimum absolute atomic E-state index is 0.191. The highest BCUT2D eigenvalue weighted by atomic mass is 16.5. The molecule has 0 aliphatic heterocycles. The molecule has 1 aromatic heterocycles. The number of benzene rings is 2. The summed E-state index contributed by atoms with van der Waals surface area (Å²) in [5.41, 5.74) is 3.97. The maximum absolute atomic E-state index is 11.0. The Morgan fingerprint density at radius 1 is 1.17 bits per heavy atom. The third-order valence-corrected chi connectivity index (χ3v) is 4.46. The maximum atomic E-state index is 11.0. The number of nitrogens with zero attached hydrogens (tertiary/aromatic N) is 2. The number of aromatic nitrogens is 2. The van der Waals surface area contributed by atoms with Gasteiger partial charge in [-0.25, -0.2) is 4.68 Å². The molecule has 1 N–H and O–H groups in total. The van der Waals surface area contributed by atoms with Crippen molar-refractivity contribution in [2.75, 3.05) is 6.61 Å². The van der Waals surface area contributed by atoms with E-state index >= 15 is 0 Å². The lowest BCUT2D eigenvalue weighted by Crippen LogP contribution is -2.08. The van der Waals surface area contributed by atoms with E-state index in [1.165, 1.54) is 6.92 Å². The molecule has 29 heavy (non-hydrogen) atoms. The van der Waals surface area contributed by atoms with Gasteiger partial charge in [-0.05, 0) is 23.8 Å². The molecule has 0 unspecified atom stereocenters. The van der Waals surface area contributed by atoms with Crippen LogP contribution in [0.3, 0.4) is 0 Å². The molecule has 3 rings (SSSR count). The lowest BCUT2D eigenvalue weighted by Gasteiger charge is -2.13. The smallest absolute Gasteiger partial charge is 0.302 e. The number of allylic oxidation sites excluding steroid dienone is 2. The van der Waals surface area contributed by atoms with Gasteiger partial charge in [-0.3, -0.25) is 4.79 Å². The van der Waals surface area contributed by atoms with E-state index in [0.29, 0.717) is 17.7 Å². The Bertz CT molecular complexity index is 934. The second-order valence-corrected chi connectivity index (χ2v) is 6.54. The lowest BCUT2D eigenvalue weighted by molar-refractivity contribution is -0.140. The van der Waals surface area contributed by atoms with Crippen LogP contribution in [0.15, 0.2) is 91.0 Å². The summed E-state index contributed by atoms with van der Waals surface area (Å²) in [7, 11) is 0. The maximum Gasteiger partial charge on any atom is 0.302 e. The number of rotatable bonds is 8. The van der Waals surface area contributed by atoms with Crippen molar-refractivity contribution in [2.24, 2.45) is 0 Å². The minimum Gasteiger partial charge on any atom is -0.466 e. The number of aliphatic hydroxyl groups excluding tert-OH is 1. The number of para-hydroxylation sites is 1. The number of ether oxygens (including phenoxy) is 1. The molecule has 1 atom stereocenters. The molecule has 0 radical (unpaired) electrons. The molecule has 0 bridgehead atoms. The first-order valence-corrected chi connectivity index (χ1v) is 9.44.